The molecule has 142 valence electrons. The number of hydrogen-bond donors (Lipinski definition) is 2. The highest BCUT2D eigenvalue weighted by atomic mass is 35.5. The average Bonchev–Trinajstić information content (AvgIpc) is 2.65. The maximum Gasteiger partial charge on any atom is 0.264 e. The topological polar surface area (TPSA) is 78.5 Å². The van der Waals surface area contributed by atoms with Crippen LogP contribution >= 0.6 is 12.4 Å². The number of carbonyl (C=O) groups excluding carboxylic acids is 1. The maximum atomic E-state index is 13.0. The molecule has 0 aromatic heterocycles. The number of nitrogens with zero attached hydrogens (tertiary/aromatic N) is 1. The van der Waals surface area contributed by atoms with Crippen molar-refractivity contribution >= 4 is 34.0 Å². The van der Waals surface area contributed by atoms with Gasteiger partial charge in [0.15, 0.2) is 0 Å². The molecular formula is C18H24ClN3O3S. The molecule has 2 aromatic rings. The van der Waals surface area contributed by atoms with Crippen LogP contribution in [0, 0.1) is 0 Å². The summed E-state index contributed by atoms with van der Waals surface area (Å²) < 4.78 is 27.1. The molecule has 0 radical (unpaired) electrons. The zero-order valence-corrected chi connectivity index (χ0v) is 16.4. The number of nitrogens with one attached hydrogen (secondary N) is 2. The van der Waals surface area contributed by atoms with Crippen molar-refractivity contribution in [3.05, 3.63) is 60.2 Å². The van der Waals surface area contributed by atoms with Gasteiger partial charge in [-0.1, -0.05) is 30.3 Å². The van der Waals surface area contributed by atoms with Crippen LogP contribution < -0.4 is 14.9 Å². The van der Waals surface area contributed by atoms with Crippen LogP contribution in [-0.2, 0) is 10.0 Å². The van der Waals surface area contributed by atoms with E-state index in [9.17, 15) is 13.2 Å². The Morgan fingerprint density at radius 3 is 2.27 bits per heavy atom. The minimum Gasteiger partial charge on any atom is -0.352 e. The first-order chi connectivity index (χ1) is 12.0. The van der Waals surface area contributed by atoms with Crippen LogP contribution in [0.4, 0.5) is 5.69 Å². The Bertz CT molecular complexity index is 813. The van der Waals surface area contributed by atoms with E-state index >= 15 is 0 Å². The van der Waals surface area contributed by atoms with Crippen molar-refractivity contribution in [3.8, 4) is 0 Å². The summed E-state index contributed by atoms with van der Waals surface area (Å²) in [6, 6.07) is 15.0. The maximum absolute atomic E-state index is 13.0. The lowest BCUT2D eigenvalue weighted by Crippen LogP contribution is -2.31. The smallest absolute Gasteiger partial charge is 0.264 e. The molecular weight excluding hydrogens is 374 g/mol. The molecule has 0 saturated heterocycles. The Balaban J connectivity index is 0.00000338. The molecule has 2 aromatic carbocycles. The summed E-state index contributed by atoms with van der Waals surface area (Å²) in [6.45, 7) is 1.25. The van der Waals surface area contributed by atoms with Crippen molar-refractivity contribution in [2.24, 2.45) is 0 Å². The lowest BCUT2D eigenvalue weighted by molar-refractivity contribution is 0.0950. The predicted molar refractivity (Wildman–Crippen MR) is 107 cm³/mol. The van der Waals surface area contributed by atoms with Gasteiger partial charge in [-0.25, -0.2) is 8.42 Å². The number of sulfonamides is 1. The van der Waals surface area contributed by atoms with E-state index in [1.54, 1.807) is 36.4 Å². The van der Waals surface area contributed by atoms with E-state index in [0.717, 1.165) is 13.0 Å². The Morgan fingerprint density at radius 1 is 1.00 bits per heavy atom. The second-order valence-corrected chi connectivity index (χ2v) is 7.45. The highest BCUT2D eigenvalue weighted by molar-refractivity contribution is 7.92. The van der Waals surface area contributed by atoms with Crippen LogP contribution in [0.1, 0.15) is 16.8 Å². The van der Waals surface area contributed by atoms with Crippen molar-refractivity contribution in [1.82, 2.24) is 10.6 Å². The minimum absolute atomic E-state index is 0. The third kappa shape index (κ3) is 5.20. The van der Waals surface area contributed by atoms with Crippen LogP contribution in [0.15, 0.2) is 59.5 Å². The quantitative estimate of drug-likeness (QED) is 0.670. The fraction of sp³-hybridized carbons (Fsp3) is 0.278. The van der Waals surface area contributed by atoms with E-state index in [1.165, 1.54) is 23.5 Å². The van der Waals surface area contributed by atoms with E-state index in [4.69, 9.17) is 0 Å². The van der Waals surface area contributed by atoms with Crippen molar-refractivity contribution in [3.63, 3.8) is 0 Å². The van der Waals surface area contributed by atoms with Gasteiger partial charge in [-0.15, -0.1) is 12.4 Å². The van der Waals surface area contributed by atoms with E-state index in [0.29, 0.717) is 12.2 Å². The van der Waals surface area contributed by atoms with Gasteiger partial charge in [0.2, 0.25) is 0 Å². The summed E-state index contributed by atoms with van der Waals surface area (Å²) in [5.74, 6) is -0.392. The van der Waals surface area contributed by atoms with Gasteiger partial charge in [-0.3, -0.25) is 9.10 Å². The number of para-hydroxylation sites is 1. The predicted octanol–water partition coefficient (Wildman–Crippen LogP) is 2.27. The van der Waals surface area contributed by atoms with E-state index in [-0.39, 0.29) is 22.9 Å². The zero-order valence-electron chi connectivity index (χ0n) is 14.8. The number of rotatable bonds is 8. The number of amides is 1. The molecule has 0 heterocycles. The number of carbonyl (C=O) groups is 1. The highest BCUT2D eigenvalue weighted by Gasteiger charge is 2.26. The normalized spacial score (nSPS) is 10.7. The van der Waals surface area contributed by atoms with E-state index < -0.39 is 15.9 Å². The molecule has 0 saturated carbocycles. The van der Waals surface area contributed by atoms with Gasteiger partial charge in [0.25, 0.3) is 15.9 Å². The Labute approximate surface area is 161 Å². The number of benzene rings is 2. The van der Waals surface area contributed by atoms with Crippen LogP contribution in [0.25, 0.3) is 0 Å². The third-order valence-electron chi connectivity index (χ3n) is 3.78. The standard InChI is InChI=1S/C18H23N3O3S.ClH/c1-19-13-8-14-20-18(22)16-11-6-7-12-17(16)25(23,24)21(2)15-9-4-3-5-10-15;/h3-7,9-12,19H,8,13-14H2,1-2H3,(H,20,22);1H. The molecule has 2 rings (SSSR count). The Hall–Kier alpha value is -2.09. The van der Waals surface area contributed by atoms with Gasteiger partial charge in [-0.2, -0.15) is 0 Å². The Morgan fingerprint density at radius 2 is 1.62 bits per heavy atom. The molecule has 0 bridgehead atoms. The summed E-state index contributed by atoms with van der Waals surface area (Å²) in [5.41, 5.74) is 0.682. The fourth-order valence-electron chi connectivity index (χ4n) is 2.37. The van der Waals surface area contributed by atoms with Gasteiger partial charge in [0, 0.05) is 13.6 Å². The number of halogens is 1. The third-order valence-corrected chi connectivity index (χ3v) is 5.62. The summed E-state index contributed by atoms with van der Waals surface area (Å²) in [7, 11) is -0.528. The van der Waals surface area contributed by atoms with Crippen molar-refractivity contribution in [1.29, 1.82) is 0 Å². The summed E-state index contributed by atoms with van der Waals surface area (Å²) in [6.07, 6.45) is 0.765. The van der Waals surface area contributed by atoms with Crippen molar-refractivity contribution in [2.75, 3.05) is 31.5 Å². The SMILES string of the molecule is CNCCCNC(=O)c1ccccc1S(=O)(=O)N(C)c1ccccc1.Cl. The van der Waals surface area contributed by atoms with E-state index in [2.05, 4.69) is 10.6 Å². The molecule has 0 aliphatic heterocycles. The first kappa shape index (κ1) is 22.0. The minimum atomic E-state index is -3.84. The number of anilines is 1. The first-order valence-electron chi connectivity index (χ1n) is 8.04. The van der Waals surface area contributed by atoms with E-state index in [1.807, 2.05) is 13.1 Å². The molecule has 8 heteroatoms. The number of hydrogen-bond acceptors (Lipinski definition) is 4. The largest absolute Gasteiger partial charge is 0.352 e. The van der Waals surface area contributed by atoms with Gasteiger partial charge < -0.3 is 10.6 Å². The summed E-state index contributed by atoms with van der Waals surface area (Å²) in [5, 5.41) is 5.76. The highest BCUT2D eigenvalue weighted by Crippen LogP contribution is 2.24. The van der Waals surface area contributed by atoms with Crippen LogP contribution in [0.2, 0.25) is 0 Å². The van der Waals surface area contributed by atoms with Crippen LogP contribution in [0.3, 0.4) is 0 Å². The van der Waals surface area contributed by atoms with Gasteiger partial charge >= 0.3 is 0 Å². The molecule has 0 spiro atoms. The van der Waals surface area contributed by atoms with Crippen LogP contribution in [0.5, 0.6) is 0 Å². The molecule has 2 N–H and O–H groups in total. The molecule has 0 unspecified atom stereocenters. The lowest BCUT2D eigenvalue weighted by Gasteiger charge is -2.21. The first-order valence-corrected chi connectivity index (χ1v) is 9.48. The summed E-state index contributed by atoms with van der Waals surface area (Å²) >= 11 is 0. The lowest BCUT2D eigenvalue weighted by atomic mass is 10.2. The zero-order chi connectivity index (χ0) is 18.3. The second kappa shape index (κ2) is 10.2. The van der Waals surface area contributed by atoms with Gasteiger partial charge in [0.1, 0.15) is 4.90 Å². The summed E-state index contributed by atoms with van der Waals surface area (Å²) in [4.78, 5) is 12.4. The van der Waals surface area contributed by atoms with Gasteiger partial charge in [-0.05, 0) is 44.3 Å². The Kier molecular flexibility index (Phi) is 8.57. The second-order valence-electron chi connectivity index (χ2n) is 5.52. The fourth-order valence-corrected chi connectivity index (χ4v) is 3.75. The molecule has 0 fully saturated rings. The molecule has 1 amide bonds. The van der Waals surface area contributed by atoms with Crippen LogP contribution in [-0.4, -0.2) is 41.5 Å². The van der Waals surface area contributed by atoms with Gasteiger partial charge in [0.05, 0.1) is 11.3 Å². The monoisotopic (exact) mass is 397 g/mol. The van der Waals surface area contributed by atoms with Crippen molar-refractivity contribution < 1.29 is 13.2 Å². The molecule has 0 aliphatic carbocycles. The average molecular weight is 398 g/mol. The molecule has 6 nitrogen and oxygen atoms in total. The molecule has 0 aliphatic rings. The molecule has 0 atom stereocenters. The van der Waals surface area contributed by atoms with Crippen molar-refractivity contribution in [2.45, 2.75) is 11.3 Å². The molecule has 26 heavy (non-hydrogen) atoms.